The monoisotopic (exact) mass is 531 g/mol. The Labute approximate surface area is 213 Å². The number of alkyl halides is 3. The van der Waals surface area contributed by atoms with E-state index in [0.717, 1.165) is 43.0 Å². The van der Waals surface area contributed by atoms with Gasteiger partial charge in [0.05, 0.1) is 22.5 Å². The number of anilines is 1. The molecule has 1 aliphatic rings. The van der Waals surface area contributed by atoms with Gasteiger partial charge in [0.1, 0.15) is 17.5 Å². The molecule has 0 bridgehead atoms. The Morgan fingerprint density at radius 1 is 1.08 bits per heavy atom. The number of carbonyl (C=O) groups excluding carboxylic acids is 1. The molecule has 1 amide bonds. The van der Waals surface area contributed by atoms with Crippen LogP contribution in [0.4, 0.5) is 27.8 Å². The normalized spacial score (nSPS) is 14.7. The summed E-state index contributed by atoms with van der Waals surface area (Å²) >= 11 is 0. The summed E-state index contributed by atoms with van der Waals surface area (Å²) in [5, 5.41) is 13.9. The molecule has 13 heteroatoms. The highest BCUT2D eigenvalue weighted by Gasteiger charge is 2.35. The number of halogens is 5. The Kier molecular flexibility index (Phi) is 6.80. The van der Waals surface area contributed by atoms with Gasteiger partial charge in [0, 0.05) is 49.7 Å². The SMILES string of the molecule is Cc1c(C(=O)Nc2ccc3cc(CN4CCNCC4)c(F)cc3n2)nnn1-c1ccc(F)cc1C(F)(F)F. The van der Waals surface area contributed by atoms with Gasteiger partial charge in [-0.15, -0.1) is 5.10 Å². The van der Waals surface area contributed by atoms with Crippen LogP contribution in [-0.2, 0) is 12.7 Å². The number of pyridine rings is 1. The zero-order valence-electron chi connectivity index (χ0n) is 20.1. The lowest BCUT2D eigenvalue weighted by Crippen LogP contribution is -2.43. The predicted molar refractivity (Wildman–Crippen MR) is 129 cm³/mol. The molecule has 5 rings (SSSR count). The van der Waals surface area contributed by atoms with Gasteiger partial charge < -0.3 is 10.6 Å². The number of piperazine rings is 1. The third-order valence-electron chi connectivity index (χ3n) is 6.30. The van der Waals surface area contributed by atoms with Gasteiger partial charge >= 0.3 is 6.18 Å². The van der Waals surface area contributed by atoms with Crippen molar-refractivity contribution in [2.45, 2.75) is 19.6 Å². The first-order chi connectivity index (χ1) is 18.1. The van der Waals surface area contributed by atoms with Gasteiger partial charge in [0.2, 0.25) is 0 Å². The number of fused-ring (bicyclic) bond motifs is 1. The summed E-state index contributed by atoms with van der Waals surface area (Å²) in [5.41, 5.74) is -1.10. The Balaban J connectivity index is 1.37. The second kappa shape index (κ2) is 10.1. The van der Waals surface area contributed by atoms with E-state index in [1.807, 2.05) is 0 Å². The molecule has 3 heterocycles. The number of amides is 1. The molecule has 0 unspecified atom stereocenters. The number of carbonyl (C=O) groups is 1. The fourth-order valence-corrected chi connectivity index (χ4v) is 4.36. The van der Waals surface area contributed by atoms with E-state index in [0.29, 0.717) is 29.1 Å². The summed E-state index contributed by atoms with van der Waals surface area (Å²) in [6.45, 7) is 5.18. The summed E-state index contributed by atoms with van der Waals surface area (Å²) in [4.78, 5) is 19.3. The highest BCUT2D eigenvalue weighted by molar-refractivity contribution is 6.03. The number of hydrogen-bond acceptors (Lipinski definition) is 6. The minimum absolute atomic E-state index is 0.00370. The minimum atomic E-state index is -4.85. The number of hydrogen-bond donors (Lipinski definition) is 2. The lowest BCUT2D eigenvalue weighted by molar-refractivity contribution is -0.137. The van der Waals surface area contributed by atoms with E-state index in [4.69, 9.17) is 0 Å². The quantitative estimate of drug-likeness (QED) is 0.378. The van der Waals surface area contributed by atoms with Crippen molar-refractivity contribution in [3.63, 3.8) is 0 Å². The maximum Gasteiger partial charge on any atom is 0.418 e. The average molecular weight is 531 g/mol. The third-order valence-corrected chi connectivity index (χ3v) is 6.30. The van der Waals surface area contributed by atoms with E-state index in [1.54, 1.807) is 12.1 Å². The van der Waals surface area contributed by atoms with Crippen molar-refractivity contribution in [3.05, 3.63) is 76.6 Å². The number of nitrogens with one attached hydrogen (secondary N) is 2. The van der Waals surface area contributed by atoms with Crippen LogP contribution in [-0.4, -0.2) is 57.0 Å². The molecular formula is C25H22F5N7O. The maximum absolute atomic E-state index is 14.8. The van der Waals surface area contributed by atoms with Crippen LogP contribution in [0.2, 0.25) is 0 Å². The molecule has 4 aromatic rings. The predicted octanol–water partition coefficient (Wildman–Crippen LogP) is 4.08. The first kappa shape index (κ1) is 25.7. The van der Waals surface area contributed by atoms with Crippen molar-refractivity contribution < 1.29 is 26.7 Å². The van der Waals surface area contributed by atoms with Gasteiger partial charge in [-0.05, 0) is 43.3 Å². The maximum atomic E-state index is 14.8. The van der Waals surface area contributed by atoms with Crippen LogP contribution in [0.1, 0.15) is 27.3 Å². The highest BCUT2D eigenvalue weighted by Crippen LogP contribution is 2.34. The molecule has 0 saturated carbocycles. The molecule has 0 spiro atoms. The molecule has 8 nitrogen and oxygen atoms in total. The second-order valence-corrected chi connectivity index (χ2v) is 8.91. The van der Waals surface area contributed by atoms with Gasteiger partial charge in [-0.2, -0.15) is 13.2 Å². The van der Waals surface area contributed by atoms with Crippen LogP contribution in [0.5, 0.6) is 0 Å². The summed E-state index contributed by atoms with van der Waals surface area (Å²) < 4.78 is 69.5. The smallest absolute Gasteiger partial charge is 0.314 e. The highest BCUT2D eigenvalue weighted by atomic mass is 19.4. The van der Waals surface area contributed by atoms with Crippen molar-refractivity contribution in [1.29, 1.82) is 0 Å². The molecule has 0 atom stereocenters. The van der Waals surface area contributed by atoms with E-state index in [-0.39, 0.29) is 17.2 Å². The van der Waals surface area contributed by atoms with Crippen molar-refractivity contribution in [3.8, 4) is 5.69 Å². The van der Waals surface area contributed by atoms with E-state index >= 15 is 0 Å². The molecule has 2 aromatic carbocycles. The first-order valence-electron chi connectivity index (χ1n) is 11.7. The largest absolute Gasteiger partial charge is 0.418 e. The number of rotatable bonds is 5. The van der Waals surface area contributed by atoms with E-state index in [1.165, 1.54) is 19.1 Å². The Morgan fingerprint density at radius 2 is 1.84 bits per heavy atom. The number of nitrogens with zero attached hydrogens (tertiary/aromatic N) is 5. The topological polar surface area (TPSA) is 88.0 Å². The van der Waals surface area contributed by atoms with Crippen LogP contribution < -0.4 is 10.6 Å². The fraction of sp³-hybridized carbons (Fsp3) is 0.280. The lowest BCUT2D eigenvalue weighted by Gasteiger charge is -2.27. The third kappa shape index (κ3) is 5.20. The standard InChI is InChI=1S/C25H22F5N7O/c1-14-23(34-35-37(14)21-4-3-17(26)11-18(21)25(28,29)30)24(38)33-22-5-2-15-10-16(19(27)12-20(15)32-22)13-36-8-6-31-7-9-36/h2-5,10-12,31H,6-9,13H2,1H3,(H,32,33,38). The van der Waals surface area contributed by atoms with E-state index in [2.05, 4.69) is 30.8 Å². The molecule has 2 aromatic heterocycles. The van der Waals surface area contributed by atoms with E-state index in [9.17, 15) is 26.7 Å². The summed E-state index contributed by atoms with van der Waals surface area (Å²) in [7, 11) is 0. The molecule has 38 heavy (non-hydrogen) atoms. The molecule has 2 N–H and O–H groups in total. The van der Waals surface area contributed by atoms with Crippen LogP contribution >= 0.6 is 0 Å². The molecule has 1 saturated heterocycles. The second-order valence-electron chi connectivity index (χ2n) is 8.91. The van der Waals surface area contributed by atoms with Gasteiger partial charge in [-0.1, -0.05) is 5.21 Å². The van der Waals surface area contributed by atoms with E-state index < -0.39 is 35.0 Å². The zero-order valence-corrected chi connectivity index (χ0v) is 20.1. The molecule has 1 fully saturated rings. The van der Waals surface area contributed by atoms with Crippen molar-refractivity contribution in [2.75, 3.05) is 31.5 Å². The molecular weight excluding hydrogens is 509 g/mol. The van der Waals surface area contributed by atoms with Gasteiger partial charge in [-0.3, -0.25) is 9.69 Å². The molecule has 198 valence electrons. The minimum Gasteiger partial charge on any atom is -0.314 e. The summed E-state index contributed by atoms with van der Waals surface area (Å²) in [6.07, 6.45) is -4.85. The molecule has 0 aliphatic carbocycles. The van der Waals surface area contributed by atoms with Crippen molar-refractivity contribution >= 4 is 22.6 Å². The van der Waals surface area contributed by atoms with Crippen LogP contribution in [0.3, 0.4) is 0 Å². The van der Waals surface area contributed by atoms with Crippen LogP contribution in [0.25, 0.3) is 16.6 Å². The number of aromatic nitrogens is 4. The number of benzene rings is 2. The zero-order chi connectivity index (χ0) is 27.0. The van der Waals surface area contributed by atoms with Crippen molar-refractivity contribution in [1.82, 2.24) is 30.2 Å². The molecule has 1 aliphatic heterocycles. The average Bonchev–Trinajstić information content (AvgIpc) is 3.26. The van der Waals surface area contributed by atoms with Crippen LogP contribution in [0.15, 0.2) is 42.5 Å². The Bertz CT molecular complexity index is 1510. The van der Waals surface area contributed by atoms with Crippen LogP contribution in [0, 0.1) is 18.6 Å². The Hall–Kier alpha value is -3.97. The Morgan fingerprint density at radius 3 is 2.58 bits per heavy atom. The van der Waals surface area contributed by atoms with Gasteiger partial charge in [0.15, 0.2) is 5.69 Å². The summed E-state index contributed by atoms with van der Waals surface area (Å²) in [6, 6.07) is 8.38. The summed E-state index contributed by atoms with van der Waals surface area (Å²) in [5.74, 6) is -2.15. The van der Waals surface area contributed by atoms with Gasteiger partial charge in [0.25, 0.3) is 5.91 Å². The van der Waals surface area contributed by atoms with Gasteiger partial charge in [-0.25, -0.2) is 18.4 Å². The van der Waals surface area contributed by atoms with Crippen molar-refractivity contribution in [2.24, 2.45) is 0 Å². The lowest BCUT2D eigenvalue weighted by atomic mass is 10.1. The fourth-order valence-electron chi connectivity index (χ4n) is 4.36. The molecule has 0 radical (unpaired) electrons. The first-order valence-corrected chi connectivity index (χ1v) is 11.7.